The van der Waals surface area contributed by atoms with Crippen LogP contribution in [0.4, 0.5) is 4.79 Å². The molecule has 3 amide bonds. The SMILES string of the molecule is C[C@@H](Sc1nnc(CSc2nc3ccccc3s2)n1-c1ccccc1)C(=O)NC(N)=O. The van der Waals surface area contributed by atoms with Crippen molar-refractivity contribution in [1.29, 1.82) is 0 Å². The van der Waals surface area contributed by atoms with Crippen molar-refractivity contribution < 1.29 is 9.59 Å². The molecule has 11 heteroatoms. The highest BCUT2D eigenvalue weighted by molar-refractivity contribution is 8.00. The van der Waals surface area contributed by atoms with Gasteiger partial charge in [0, 0.05) is 5.69 Å². The minimum atomic E-state index is -0.880. The molecule has 0 spiro atoms. The molecule has 158 valence electrons. The minimum absolute atomic E-state index is 0.481. The van der Waals surface area contributed by atoms with E-state index in [1.54, 1.807) is 30.0 Å². The van der Waals surface area contributed by atoms with E-state index in [0.29, 0.717) is 10.9 Å². The van der Waals surface area contributed by atoms with Crippen LogP contribution in [0.5, 0.6) is 0 Å². The molecule has 0 aliphatic rings. The number of primary amides is 1. The van der Waals surface area contributed by atoms with Crippen LogP contribution < -0.4 is 11.1 Å². The number of thioether (sulfide) groups is 2. The molecule has 0 unspecified atom stereocenters. The molecule has 0 radical (unpaired) electrons. The van der Waals surface area contributed by atoms with Crippen molar-refractivity contribution in [3.8, 4) is 5.69 Å². The van der Waals surface area contributed by atoms with Crippen LogP contribution in [0.25, 0.3) is 15.9 Å². The lowest BCUT2D eigenvalue weighted by Crippen LogP contribution is -2.39. The number of fused-ring (bicyclic) bond motifs is 1. The molecule has 0 saturated heterocycles. The van der Waals surface area contributed by atoms with E-state index in [-0.39, 0.29) is 0 Å². The fourth-order valence-corrected chi connectivity index (χ4v) is 5.65. The topological polar surface area (TPSA) is 116 Å². The maximum Gasteiger partial charge on any atom is 0.318 e. The molecule has 2 aromatic carbocycles. The van der Waals surface area contributed by atoms with Crippen molar-refractivity contribution in [2.45, 2.75) is 27.4 Å². The van der Waals surface area contributed by atoms with Crippen molar-refractivity contribution in [3.05, 3.63) is 60.4 Å². The van der Waals surface area contributed by atoms with Gasteiger partial charge in [-0.1, -0.05) is 53.9 Å². The van der Waals surface area contributed by atoms with E-state index in [4.69, 9.17) is 5.73 Å². The summed E-state index contributed by atoms with van der Waals surface area (Å²) in [5.41, 5.74) is 6.91. The highest BCUT2D eigenvalue weighted by atomic mass is 32.2. The molecule has 1 atom stereocenters. The third kappa shape index (κ3) is 5.06. The zero-order valence-electron chi connectivity index (χ0n) is 16.4. The van der Waals surface area contributed by atoms with E-state index >= 15 is 0 Å². The van der Waals surface area contributed by atoms with Crippen molar-refractivity contribution in [3.63, 3.8) is 0 Å². The largest absolute Gasteiger partial charge is 0.351 e. The lowest BCUT2D eigenvalue weighted by atomic mass is 10.3. The predicted molar refractivity (Wildman–Crippen MR) is 124 cm³/mol. The summed E-state index contributed by atoms with van der Waals surface area (Å²) in [7, 11) is 0. The summed E-state index contributed by atoms with van der Waals surface area (Å²) in [4.78, 5) is 27.7. The molecule has 2 aromatic heterocycles. The summed E-state index contributed by atoms with van der Waals surface area (Å²) in [6.45, 7) is 1.68. The first-order valence-electron chi connectivity index (χ1n) is 9.26. The van der Waals surface area contributed by atoms with Crippen LogP contribution in [-0.2, 0) is 10.5 Å². The zero-order valence-corrected chi connectivity index (χ0v) is 18.8. The first-order valence-corrected chi connectivity index (χ1v) is 11.9. The standard InChI is InChI=1S/C20H18N6O2S3/c1-12(17(27)23-18(21)28)30-19-25-24-16(26(19)13-7-3-2-4-8-13)11-29-20-22-14-9-5-6-10-15(14)31-20/h2-10,12H,11H2,1H3,(H3,21,23,27,28)/t12-/m1/s1. The van der Waals surface area contributed by atoms with Crippen molar-refractivity contribution in [1.82, 2.24) is 25.1 Å². The average molecular weight is 471 g/mol. The maximum atomic E-state index is 12.1. The Labute approximate surface area is 190 Å². The van der Waals surface area contributed by atoms with E-state index in [1.807, 2.05) is 53.1 Å². The molecule has 2 heterocycles. The highest BCUT2D eigenvalue weighted by Crippen LogP contribution is 2.33. The molecule has 0 bridgehead atoms. The van der Waals surface area contributed by atoms with E-state index in [1.165, 1.54) is 11.8 Å². The quantitative estimate of drug-likeness (QED) is 0.394. The second kappa shape index (κ2) is 9.50. The van der Waals surface area contributed by atoms with Gasteiger partial charge in [0.2, 0.25) is 5.91 Å². The molecular formula is C20H18N6O2S3. The summed E-state index contributed by atoms with van der Waals surface area (Å²) >= 11 is 4.44. The van der Waals surface area contributed by atoms with Gasteiger partial charge in [0.25, 0.3) is 0 Å². The smallest absolute Gasteiger partial charge is 0.318 e. The highest BCUT2D eigenvalue weighted by Gasteiger charge is 2.22. The Morgan fingerprint density at radius 3 is 2.61 bits per heavy atom. The van der Waals surface area contributed by atoms with Crippen LogP contribution in [0.1, 0.15) is 12.7 Å². The number of aromatic nitrogens is 4. The Balaban J connectivity index is 1.58. The Morgan fingerprint density at radius 2 is 1.87 bits per heavy atom. The first-order chi connectivity index (χ1) is 15.0. The van der Waals surface area contributed by atoms with Crippen molar-refractivity contribution in [2.75, 3.05) is 0 Å². The predicted octanol–water partition coefficient (Wildman–Crippen LogP) is 3.84. The summed E-state index contributed by atoms with van der Waals surface area (Å²) in [5, 5.41) is 10.7. The molecule has 3 N–H and O–H groups in total. The maximum absolute atomic E-state index is 12.1. The summed E-state index contributed by atoms with van der Waals surface area (Å²) in [6.07, 6.45) is 0. The van der Waals surface area contributed by atoms with E-state index < -0.39 is 17.2 Å². The number of hydrogen-bond donors (Lipinski definition) is 2. The van der Waals surface area contributed by atoms with Crippen molar-refractivity contribution >= 4 is 57.0 Å². The molecule has 31 heavy (non-hydrogen) atoms. The Morgan fingerprint density at radius 1 is 1.13 bits per heavy atom. The molecule has 0 fully saturated rings. The average Bonchev–Trinajstić information content (AvgIpc) is 3.35. The summed E-state index contributed by atoms with van der Waals surface area (Å²) in [5.74, 6) is 0.815. The van der Waals surface area contributed by atoms with Crippen LogP contribution in [0, 0.1) is 0 Å². The van der Waals surface area contributed by atoms with E-state index in [9.17, 15) is 9.59 Å². The van der Waals surface area contributed by atoms with E-state index in [2.05, 4.69) is 26.6 Å². The van der Waals surface area contributed by atoms with Crippen LogP contribution in [0.15, 0.2) is 64.1 Å². The number of nitrogens with two attached hydrogens (primary N) is 1. The number of carbonyl (C=O) groups excluding carboxylic acids is 2. The normalized spacial score (nSPS) is 12.0. The van der Waals surface area contributed by atoms with Crippen LogP contribution in [0.2, 0.25) is 0 Å². The number of nitrogens with zero attached hydrogens (tertiary/aromatic N) is 4. The van der Waals surface area contributed by atoms with Gasteiger partial charge >= 0.3 is 6.03 Å². The van der Waals surface area contributed by atoms with Gasteiger partial charge in [0.1, 0.15) is 5.82 Å². The Kier molecular flexibility index (Phi) is 6.54. The fourth-order valence-electron chi connectivity index (χ4n) is 2.78. The fraction of sp³-hybridized carbons (Fsp3) is 0.150. The van der Waals surface area contributed by atoms with Crippen LogP contribution in [-0.4, -0.2) is 36.9 Å². The number of urea groups is 1. The number of rotatable bonds is 7. The molecular weight excluding hydrogens is 452 g/mol. The molecule has 8 nitrogen and oxygen atoms in total. The van der Waals surface area contributed by atoms with Gasteiger partial charge < -0.3 is 5.73 Å². The monoisotopic (exact) mass is 470 g/mol. The van der Waals surface area contributed by atoms with Crippen LogP contribution >= 0.6 is 34.9 Å². The third-order valence-corrected chi connectivity index (χ3v) is 7.43. The lowest BCUT2D eigenvalue weighted by molar-refractivity contribution is -0.119. The molecule has 4 aromatic rings. The second-order valence-corrected chi connectivity index (χ2v) is 9.98. The molecule has 0 aliphatic carbocycles. The van der Waals surface area contributed by atoms with Gasteiger partial charge in [-0.25, -0.2) is 9.78 Å². The Hall–Kier alpha value is -2.89. The number of nitrogens with one attached hydrogen (secondary N) is 1. The number of thiazole rings is 1. The molecule has 0 aliphatic heterocycles. The number of benzene rings is 2. The van der Waals surface area contributed by atoms with Gasteiger partial charge in [0.15, 0.2) is 9.50 Å². The van der Waals surface area contributed by atoms with E-state index in [0.717, 1.165) is 26.1 Å². The number of hydrogen-bond acceptors (Lipinski definition) is 8. The molecule has 4 rings (SSSR count). The van der Waals surface area contributed by atoms with Gasteiger partial charge in [-0.05, 0) is 31.2 Å². The third-order valence-electron chi connectivity index (χ3n) is 4.21. The number of para-hydroxylation sites is 2. The van der Waals surface area contributed by atoms with Crippen LogP contribution in [0.3, 0.4) is 0 Å². The summed E-state index contributed by atoms with van der Waals surface area (Å²) in [6, 6.07) is 16.8. The van der Waals surface area contributed by atoms with Gasteiger partial charge in [-0.15, -0.1) is 21.5 Å². The van der Waals surface area contributed by atoms with Gasteiger partial charge in [0.05, 0.1) is 21.2 Å². The minimum Gasteiger partial charge on any atom is -0.351 e. The summed E-state index contributed by atoms with van der Waals surface area (Å²) < 4.78 is 4.01. The second-order valence-electron chi connectivity index (χ2n) is 6.42. The number of carbonyl (C=O) groups is 2. The van der Waals surface area contributed by atoms with Gasteiger partial charge in [-0.2, -0.15) is 0 Å². The number of imide groups is 1. The lowest BCUT2D eigenvalue weighted by Gasteiger charge is -2.12. The van der Waals surface area contributed by atoms with Gasteiger partial charge in [-0.3, -0.25) is 14.7 Å². The molecule has 0 saturated carbocycles. The Bertz CT molecular complexity index is 1190. The van der Waals surface area contributed by atoms with Crippen molar-refractivity contribution in [2.24, 2.45) is 5.73 Å². The first kappa shape index (κ1) is 21.3. The number of amides is 3. The zero-order chi connectivity index (χ0) is 21.8.